The Balaban J connectivity index is 2.08. The molecule has 0 amide bonds. The molecule has 0 aromatic heterocycles. The van der Waals surface area contributed by atoms with E-state index < -0.39 is 0 Å². The Morgan fingerprint density at radius 1 is 0.842 bits per heavy atom. The third-order valence-electron chi connectivity index (χ3n) is 3.57. The van der Waals surface area contributed by atoms with Crippen LogP contribution >= 0.6 is 11.6 Å². The van der Waals surface area contributed by atoms with E-state index in [-0.39, 0.29) is 0 Å². The number of fused-ring (bicyclic) bond motifs is 1. The maximum atomic E-state index is 6.10. The Morgan fingerprint density at radius 3 is 2.53 bits per heavy atom. The van der Waals surface area contributed by atoms with Gasteiger partial charge in [-0.05, 0) is 52.9 Å². The van der Waals surface area contributed by atoms with E-state index in [9.17, 15) is 0 Å². The summed E-state index contributed by atoms with van der Waals surface area (Å²) in [5, 5.41) is 3.42. The molecule has 19 heavy (non-hydrogen) atoms. The molecule has 0 heterocycles. The second-order valence-electron chi connectivity index (χ2n) is 4.89. The highest BCUT2D eigenvalue weighted by Gasteiger charge is 2.04. The zero-order chi connectivity index (χ0) is 13.2. The van der Waals surface area contributed by atoms with E-state index in [0.717, 1.165) is 11.4 Å². The molecule has 1 heteroatoms. The lowest BCUT2D eigenvalue weighted by Crippen LogP contribution is -1.93. The lowest BCUT2D eigenvalue weighted by atomic mass is 9.96. The highest BCUT2D eigenvalue weighted by molar-refractivity contribution is 6.30. The van der Waals surface area contributed by atoms with E-state index in [1.165, 1.54) is 27.5 Å². The summed E-state index contributed by atoms with van der Waals surface area (Å²) in [6, 6.07) is 21.1. The van der Waals surface area contributed by atoms with E-state index in [2.05, 4.69) is 61.5 Å². The third kappa shape index (κ3) is 2.50. The van der Waals surface area contributed by atoms with Crippen LogP contribution in [0.15, 0.2) is 60.7 Å². The van der Waals surface area contributed by atoms with Crippen molar-refractivity contribution in [2.24, 2.45) is 0 Å². The topological polar surface area (TPSA) is 0 Å². The van der Waals surface area contributed by atoms with Crippen LogP contribution in [0, 0.1) is 6.92 Å². The minimum Gasteiger partial charge on any atom is -0.0843 e. The van der Waals surface area contributed by atoms with Crippen LogP contribution in [0.5, 0.6) is 0 Å². The smallest absolute Gasteiger partial charge is 0.0409 e. The molecule has 0 spiro atoms. The first kappa shape index (κ1) is 12.3. The predicted octanol–water partition coefficient (Wildman–Crippen LogP) is 5.39. The minimum absolute atomic E-state index is 0.806. The average Bonchev–Trinajstić information content (AvgIpc) is 2.43. The molecule has 0 N–H and O–H groups in total. The molecule has 0 radical (unpaired) electrons. The van der Waals surface area contributed by atoms with Gasteiger partial charge in [0.05, 0.1) is 0 Å². The van der Waals surface area contributed by atoms with Crippen LogP contribution in [-0.4, -0.2) is 0 Å². The monoisotopic (exact) mass is 266 g/mol. The van der Waals surface area contributed by atoms with Gasteiger partial charge in [-0.2, -0.15) is 0 Å². The Morgan fingerprint density at radius 2 is 1.63 bits per heavy atom. The molecule has 0 aliphatic heterocycles. The van der Waals surface area contributed by atoms with Gasteiger partial charge in [-0.25, -0.2) is 0 Å². The van der Waals surface area contributed by atoms with E-state index in [0.29, 0.717) is 0 Å². The van der Waals surface area contributed by atoms with Crippen LogP contribution in [-0.2, 0) is 6.42 Å². The van der Waals surface area contributed by atoms with E-state index in [4.69, 9.17) is 11.6 Å². The van der Waals surface area contributed by atoms with Crippen molar-refractivity contribution in [2.45, 2.75) is 13.3 Å². The summed E-state index contributed by atoms with van der Waals surface area (Å²) in [5.74, 6) is 0. The van der Waals surface area contributed by atoms with Crippen molar-refractivity contribution in [1.29, 1.82) is 0 Å². The number of hydrogen-bond donors (Lipinski definition) is 0. The third-order valence-corrected chi connectivity index (χ3v) is 3.81. The fourth-order valence-electron chi connectivity index (χ4n) is 2.48. The molecular formula is C18H15Cl. The van der Waals surface area contributed by atoms with Crippen LogP contribution in [0.4, 0.5) is 0 Å². The molecule has 94 valence electrons. The zero-order valence-electron chi connectivity index (χ0n) is 10.9. The second kappa shape index (κ2) is 5.07. The van der Waals surface area contributed by atoms with E-state index in [1.807, 2.05) is 6.07 Å². The van der Waals surface area contributed by atoms with Gasteiger partial charge in [0, 0.05) is 5.02 Å². The van der Waals surface area contributed by atoms with Gasteiger partial charge in [-0.1, -0.05) is 60.1 Å². The van der Waals surface area contributed by atoms with E-state index in [1.54, 1.807) is 0 Å². The molecule has 0 nitrogen and oxygen atoms in total. The summed E-state index contributed by atoms with van der Waals surface area (Å²) < 4.78 is 0. The summed E-state index contributed by atoms with van der Waals surface area (Å²) >= 11 is 6.10. The largest absolute Gasteiger partial charge is 0.0843 e. The zero-order valence-corrected chi connectivity index (χ0v) is 11.6. The molecule has 0 unspecified atom stereocenters. The summed E-state index contributed by atoms with van der Waals surface area (Å²) in [7, 11) is 0. The van der Waals surface area contributed by atoms with Crippen LogP contribution in [0.25, 0.3) is 10.8 Å². The number of hydrogen-bond acceptors (Lipinski definition) is 0. The van der Waals surface area contributed by atoms with Gasteiger partial charge < -0.3 is 0 Å². The van der Waals surface area contributed by atoms with Crippen LogP contribution < -0.4 is 0 Å². The van der Waals surface area contributed by atoms with Crippen molar-refractivity contribution < 1.29 is 0 Å². The summed E-state index contributed by atoms with van der Waals surface area (Å²) in [5.41, 5.74) is 3.93. The molecule has 0 aliphatic carbocycles. The van der Waals surface area contributed by atoms with Gasteiger partial charge in [0.15, 0.2) is 0 Å². The predicted molar refractivity (Wildman–Crippen MR) is 82.9 cm³/mol. The maximum absolute atomic E-state index is 6.10. The van der Waals surface area contributed by atoms with Crippen molar-refractivity contribution in [3.63, 3.8) is 0 Å². The van der Waals surface area contributed by atoms with Crippen LogP contribution in [0.2, 0.25) is 5.02 Å². The van der Waals surface area contributed by atoms with Crippen molar-refractivity contribution in [3.05, 3.63) is 82.4 Å². The fraction of sp³-hybridized carbons (Fsp3) is 0.111. The highest BCUT2D eigenvalue weighted by Crippen LogP contribution is 2.24. The van der Waals surface area contributed by atoms with Gasteiger partial charge >= 0.3 is 0 Å². The molecule has 0 fully saturated rings. The normalized spacial score (nSPS) is 10.8. The lowest BCUT2D eigenvalue weighted by Gasteiger charge is -2.09. The molecule has 0 aliphatic rings. The van der Waals surface area contributed by atoms with E-state index >= 15 is 0 Å². The number of rotatable bonds is 2. The first-order chi connectivity index (χ1) is 9.24. The van der Waals surface area contributed by atoms with Crippen molar-refractivity contribution >= 4 is 22.4 Å². The van der Waals surface area contributed by atoms with Gasteiger partial charge in [-0.3, -0.25) is 0 Å². The number of halogens is 1. The molecule has 3 aromatic rings. The highest BCUT2D eigenvalue weighted by atomic mass is 35.5. The summed E-state index contributed by atoms with van der Waals surface area (Å²) in [6.07, 6.45) is 0.924. The quantitative estimate of drug-likeness (QED) is 0.583. The van der Waals surface area contributed by atoms with Crippen LogP contribution in [0.1, 0.15) is 16.7 Å². The fourth-order valence-corrected chi connectivity index (χ4v) is 2.68. The SMILES string of the molecule is Cc1ccc(Cl)cc1Cc1cccc2ccccc12. The average molecular weight is 267 g/mol. The second-order valence-corrected chi connectivity index (χ2v) is 5.32. The number of aryl methyl sites for hydroxylation is 1. The maximum Gasteiger partial charge on any atom is 0.0409 e. The first-order valence-electron chi connectivity index (χ1n) is 6.46. The van der Waals surface area contributed by atoms with Gasteiger partial charge in [0.1, 0.15) is 0 Å². The molecule has 3 aromatic carbocycles. The number of benzene rings is 3. The Labute approximate surface area is 118 Å². The molecule has 0 atom stereocenters. The molecule has 0 bridgehead atoms. The van der Waals surface area contributed by atoms with Gasteiger partial charge in [-0.15, -0.1) is 0 Å². The minimum atomic E-state index is 0.806. The van der Waals surface area contributed by atoms with Crippen molar-refractivity contribution in [2.75, 3.05) is 0 Å². The van der Waals surface area contributed by atoms with Gasteiger partial charge in [0.2, 0.25) is 0 Å². The lowest BCUT2D eigenvalue weighted by molar-refractivity contribution is 1.17. The molecule has 3 rings (SSSR count). The molecule has 0 saturated heterocycles. The van der Waals surface area contributed by atoms with Crippen molar-refractivity contribution in [1.82, 2.24) is 0 Å². The summed E-state index contributed by atoms with van der Waals surface area (Å²) in [4.78, 5) is 0. The van der Waals surface area contributed by atoms with Crippen molar-refractivity contribution in [3.8, 4) is 0 Å². The Hall–Kier alpha value is -1.79. The Kier molecular flexibility index (Phi) is 3.27. The van der Waals surface area contributed by atoms with Crippen LogP contribution in [0.3, 0.4) is 0 Å². The Bertz CT molecular complexity index is 723. The molecular weight excluding hydrogens is 252 g/mol. The van der Waals surface area contributed by atoms with Gasteiger partial charge in [0.25, 0.3) is 0 Å². The first-order valence-corrected chi connectivity index (χ1v) is 6.83. The molecule has 0 saturated carbocycles. The summed E-state index contributed by atoms with van der Waals surface area (Å²) in [6.45, 7) is 2.14. The standard InChI is InChI=1S/C18H15Cl/c1-13-9-10-17(19)12-16(13)11-15-7-4-6-14-5-2-3-8-18(14)15/h2-10,12H,11H2,1H3.